The van der Waals surface area contributed by atoms with Gasteiger partial charge < -0.3 is 0 Å². The van der Waals surface area contributed by atoms with Crippen molar-refractivity contribution in [3.05, 3.63) is 34.9 Å². The standard InChI is InChI=1S/C11H16/c1-4-11-7-5-6-9(2)8-10(11)3/h5,7-8H,4,6H2,1-3H3. The minimum absolute atomic E-state index is 1.11. The third-order valence-corrected chi connectivity index (χ3v) is 2.11. The minimum Gasteiger partial charge on any atom is -0.0802 e. The highest BCUT2D eigenvalue weighted by atomic mass is 14.0. The van der Waals surface area contributed by atoms with Gasteiger partial charge in [0.25, 0.3) is 0 Å². The number of allylic oxidation sites excluding steroid dienone is 6. The summed E-state index contributed by atoms with van der Waals surface area (Å²) >= 11 is 0. The van der Waals surface area contributed by atoms with Gasteiger partial charge in [-0.05, 0) is 37.8 Å². The van der Waals surface area contributed by atoms with E-state index >= 15 is 0 Å². The number of hydrogen-bond donors (Lipinski definition) is 0. The maximum atomic E-state index is 2.29. The molecule has 0 heteroatoms. The topological polar surface area (TPSA) is 0 Å². The van der Waals surface area contributed by atoms with Gasteiger partial charge in [0.2, 0.25) is 0 Å². The van der Waals surface area contributed by atoms with Crippen LogP contribution >= 0.6 is 0 Å². The van der Waals surface area contributed by atoms with Gasteiger partial charge in [0.1, 0.15) is 0 Å². The fourth-order valence-corrected chi connectivity index (χ4v) is 1.44. The second-order valence-electron chi connectivity index (χ2n) is 3.16. The molecule has 1 aliphatic rings. The Morgan fingerprint density at radius 3 is 2.73 bits per heavy atom. The lowest BCUT2D eigenvalue weighted by Gasteiger charge is -1.99. The number of rotatable bonds is 1. The third kappa shape index (κ3) is 2.07. The van der Waals surface area contributed by atoms with Crippen LogP contribution in [0.15, 0.2) is 34.9 Å². The summed E-state index contributed by atoms with van der Waals surface area (Å²) in [5.41, 5.74) is 4.36. The molecule has 0 bridgehead atoms. The van der Waals surface area contributed by atoms with E-state index in [0.29, 0.717) is 0 Å². The zero-order chi connectivity index (χ0) is 8.27. The molecule has 0 unspecified atom stereocenters. The van der Waals surface area contributed by atoms with E-state index < -0.39 is 0 Å². The molecule has 1 rings (SSSR count). The highest BCUT2D eigenvalue weighted by Gasteiger charge is 1.98. The maximum absolute atomic E-state index is 2.29. The normalized spacial score (nSPS) is 18.3. The second kappa shape index (κ2) is 3.56. The predicted molar refractivity (Wildman–Crippen MR) is 50.5 cm³/mol. The van der Waals surface area contributed by atoms with E-state index in [1.54, 1.807) is 0 Å². The van der Waals surface area contributed by atoms with Crippen molar-refractivity contribution in [3.63, 3.8) is 0 Å². The van der Waals surface area contributed by atoms with Crippen LogP contribution in [-0.4, -0.2) is 0 Å². The van der Waals surface area contributed by atoms with Gasteiger partial charge in [0.15, 0.2) is 0 Å². The van der Waals surface area contributed by atoms with E-state index in [0.717, 1.165) is 12.8 Å². The van der Waals surface area contributed by atoms with Crippen molar-refractivity contribution in [3.8, 4) is 0 Å². The first kappa shape index (κ1) is 8.32. The zero-order valence-electron chi connectivity index (χ0n) is 7.65. The molecule has 0 atom stereocenters. The van der Waals surface area contributed by atoms with E-state index in [1.165, 1.54) is 16.7 Å². The first-order valence-electron chi connectivity index (χ1n) is 4.27. The van der Waals surface area contributed by atoms with Gasteiger partial charge in [-0.1, -0.05) is 30.7 Å². The largest absolute Gasteiger partial charge is 0.0802 e. The molecule has 0 aromatic heterocycles. The minimum atomic E-state index is 1.11. The average Bonchev–Trinajstić information content (AvgIpc) is 2.11. The van der Waals surface area contributed by atoms with Crippen LogP contribution in [0.4, 0.5) is 0 Å². The summed E-state index contributed by atoms with van der Waals surface area (Å²) in [6.45, 7) is 6.59. The summed E-state index contributed by atoms with van der Waals surface area (Å²) < 4.78 is 0. The quantitative estimate of drug-likeness (QED) is 0.532. The van der Waals surface area contributed by atoms with Crippen molar-refractivity contribution in [1.82, 2.24) is 0 Å². The Labute approximate surface area is 69.3 Å². The van der Waals surface area contributed by atoms with Crippen molar-refractivity contribution >= 4 is 0 Å². The van der Waals surface area contributed by atoms with Crippen molar-refractivity contribution < 1.29 is 0 Å². The lowest BCUT2D eigenvalue weighted by atomic mass is 10.1. The van der Waals surface area contributed by atoms with E-state index in [1.807, 2.05) is 0 Å². The summed E-state index contributed by atoms with van der Waals surface area (Å²) in [4.78, 5) is 0. The van der Waals surface area contributed by atoms with Gasteiger partial charge >= 0.3 is 0 Å². The molecule has 11 heavy (non-hydrogen) atoms. The number of hydrogen-bond acceptors (Lipinski definition) is 0. The molecule has 0 saturated carbocycles. The first-order chi connectivity index (χ1) is 5.24. The average molecular weight is 148 g/mol. The van der Waals surface area contributed by atoms with Crippen LogP contribution in [0.25, 0.3) is 0 Å². The van der Waals surface area contributed by atoms with Gasteiger partial charge in [-0.15, -0.1) is 0 Å². The molecule has 1 aliphatic carbocycles. The third-order valence-electron chi connectivity index (χ3n) is 2.11. The SMILES string of the molecule is CCC1=C(C)C=C(C)CC=C1. The Hall–Kier alpha value is -0.780. The lowest BCUT2D eigenvalue weighted by Crippen LogP contribution is -1.79. The molecule has 0 N–H and O–H groups in total. The van der Waals surface area contributed by atoms with Gasteiger partial charge in [0, 0.05) is 0 Å². The van der Waals surface area contributed by atoms with E-state index in [9.17, 15) is 0 Å². The Balaban J connectivity index is 2.96. The Morgan fingerprint density at radius 2 is 2.09 bits per heavy atom. The van der Waals surface area contributed by atoms with Crippen molar-refractivity contribution in [1.29, 1.82) is 0 Å². The second-order valence-corrected chi connectivity index (χ2v) is 3.16. The summed E-state index contributed by atoms with van der Waals surface area (Å²) in [6.07, 6.45) is 9.05. The molecule has 0 aromatic carbocycles. The van der Waals surface area contributed by atoms with Gasteiger partial charge in [-0.2, -0.15) is 0 Å². The fraction of sp³-hybridized carbons (Fsp3) is 0.455. The molecule has 0 aliphatic heterocycles. The van der Waals surface area contributed by atoms with E-state index in [-0.39, 0.29) is 0 Å². The molecule has 60 valence electrons. The Morgan fingerprint density at radius 1 is 1.36 bits per heavy atom. The van der Waals surface area contributed by atoms with Crippen LogP contribution in [0.2, 0.25) is 0 Å². The summed E-state index contributed by atoms with van der Waals surface area (Å²) in [7, 11) is 0. The molecule has 0 spiro atoms. The van der Waals surface area contributed by atoms with Crippen molar-refractivity contribution in [2.45, 2.75) is 33.6 Å². The summed E-state index contributed by atoms with van der Waals surface area (Å²) in [5, 5.41) is 0. The van der Waals surface area contributed by atoms with Crippen LogP contribution in [0, 0.1) is 0 Å². The fourth-order valence-electron chi connectivity index (χ4n) is 1.44. The van der Waals surface area contributed by atoms with Gasteiger partial charge in [-0.3, -0.25) is 0 Å². The molecule has 0 nitrogen and oxygen atoms in total. The van der Waals surface area contributed by atoms with Crippen LogP contribution in [-0.2, 0) is 0 Å². The molecule has 0 heterocycles. The summed E-state index contributed by atoms with van der Waals surface area (Å²) in [6, 6.07) is 0. The summed E-state index contributed by atoms with van der Waals surface area (Å²) in [5.74, 6) is 0. The lowest BCUT2D eigenvalue weighted by molar-refractivity contribution is 1.12. The highest BCUT2D eigenvalue weighted by Crippen LogP contribution is 2.18. The smallest absolute Gasteiger partial charge is 0.0135 e. The predicted octanol–water partition coefficient (Wildman–Crippen LogP) is 3.62. The molecule has 0 radical (unpaired) electrons. The van der Waals surface area contributed by atoms with Crippen molar-refractivity contribution in [2.75, 3.05) is 0 Å². The molecule has 0 aromatic rings. The highest BCUT2D eigenvalue weighted by molar-refractivity contribution is 5.36. The monoisotopic (exact) mass is 148 g/mol. The molecule has 0 fully saturated rings. The van der Waals surface area contributed by atoms with Gasteiger partial charge in [0.05, 0.1) is 0 Å². The van der Waals surface area contributed by atoms with Gasteiger partial charge in [-0.25, -0.2) is 0 Å². The molecule has 0 saturated heterocycles. The van der Waals surface area contributed by atoms with E-state index in [2.05, 4.69) is 39.0 Å². The molecule has 0 amide bonds. The Bertz CT molecular complexity index is 226. The van der Waals surface area contributed by atoms with E-state index in [4.69, 9.17) is 0 Å². The molecular formula is C11H16. The van der Waals surface area contributed by atoms with Crippen LogP contribution in [0.3, 0.4) is 0 Å². The van der Waals surface area contributed by atoms with Crippen molar-refractivity contribution in [2.24, 2.45) is 0 Å². The zero-order valence-corrected chi connectivity index (χ0v) is 7.65. The Kier molecular flexibility index (Phi) is 2.70. The van der Waals surface area contributed by atoms with Crippen LogP contribution in [0.5, 0.6) is 0 Å². The van der Waals surface area contributed by atoms with Crippen LogP contribution < -0.4 is 0 Å². The first-order valence-corrected chi connectivity index (χ1v) is 4.27. The van der Waals surface area contributed by atoms with Crippen LogP contribution in [0.1, 0.15) is 33.6 Å². The molecular weight excluding hydrogens is 132 g/mol. The maximum Gasteiger partial charge on any atom is -0.0135 e.